The van der Waals surface area contributed by atoms with Crippen molar-refractivity contribution in [3.8, 4) is 11.5 Å². The van der Waals surface area contributed by atoms with E-state index in [1.54, 1.807) is 24.3 Å². The number of halogens is 1. The number of aryl methyl sites for hydroxylation is 1. The molecule has 2 aromatic carbocycles. The summed E-state index contributed by atoms with van der Waals surface area (Å²) in [5.41, 5.74) is 1.90. The molecule has 1 N–H and O–H groups in total. The predicted octanol–water partition coefficient (Wildman–Crippen LogP) is 4.60. The molecular weight excluding hydrogens is 390 g/mol. The molecule has 0 aromatic heterocycles. The van der Waals surface area contributed by atoms with Crippen molar-refractivity contribution in [2.75, 3.05) is 13.2 Å². The number of carbonyl (C=O) groups excluding carboxylic acids is 1. The second-order valence-corrected chi connectivity index (χ2v) is 7.70. The number of thiocarbonyl (C=S) groups is 1. The minimum absolute atomic E-state index is 0.214. The third-order valence-corrected chi connectivity index (χ3v) is 4.93. The molecule has 7 heteroatoms. The van der Waals surface area contributed by atoms with Crippen molar-refractivity contribution in [2.24, 2.45) is 0 Å². The number of ether oxygens (including phenoxy) is 2. The van der Waals surface area contributed by atoms with Gasteiger partial charge in [0.2, 0.25) is 0 Å². The first-order valence-corrected chi connectivity index (χ1v) is 9.48. The quantitative estimate of drug-likeness (QED) is 0.432. The van der Waals surface area contributed by atoms with Gasteiger partial charge in [-0.3, -0.25) is 4.79 Å². The average molecular weight is 406 g/mol. The molecule has 1 aliphatic heterocycles. The van der Waals surface area contributed by atoms with Crippen molar-refractivity contribution in [3.63, 3.8) is 0 Å². The van der Waals surface area contributed by atoms with Crippen molar-refractivity contribution in [2.45, 2.75) is 6.92 Å². The predicted molar refractivity (Wildman–Crippen MR) is 110 cm³/mol. The minimum atomic E-state index is -0.214. The molecule has 0 spiro atoms. The SMILES string of the molecule is Cc1ccc(OCCOc2ccc(Cl)cc2C=C2SC(=S)NC2=O)cc1. The second kappa shape index (κ2) is 8.58. The molecule has 0 atom stereocenters. The van der Waals surface area contributed by atoms with Crippen LogP contribution in [-0.2, 0) is 4.79 Å². The van der Waals surface area contributed by atoms with Crippen LogP contribution in [0.5, 0.6) is 11.5 Å². The first-order chi connectivity index (χ1) is 12.5. The van der Waals surface area contributed by atoms with Gasteiger partial charge >= 0.3 is 0 Å². The molecule has 3 rings (SSSR count). The third-order valence-electron chi connectivity index (χ3n) is 3.53. The van der Waals surface area contributed by atoms with Crippen molar-refractivity contribution >= 4 is 51.9 Å². The lowest BCUT2D eigenvalue weighted by Gasteiger charge is -2.11. The van der Waals surface area contributed by atoms with E-state index in [0.29, 0.717) is 33.2 Å². The van der Waals surface area contributed by atoms with Crippen LogP contribution in [-0.4, -0.2) is 23.4 Å². The molecule has 1 heterocycles. The van der Waals surface area contributed by atoms with E-state index >= 15 is 0 Å². The minimum Gasteiger partial charge on any atom is -0.490 e. The van der Waals surface area contributed by atoms with Gasteiger partial charge in [-0.1, -0.05) is 53.3 Å². The summed E-state index contributed by atoms with van der Waals surface area (Å²) in [6.07, 6.45) is 1.72. The summed E-state index contributed by atoms with van der Waals surface area (Å²) in [5.74, 6) is 1.21. The fourth-order valence-electron chi connectivity index (χ4n) is 2.27. The molecule has 1 saturated heterocycles. The molecule has 1 aliphatic rings. The number of hydrogen-bond donors (Lipinski definition) is 1. The molecule has 0 radical (unpaired) electrons. The van der Waals surface area contributed by atoms with E-state index in [2.05, 4.69) is 5.32 Å². The van der Waals surface area contributed by atoms with Crippen LogP contribution in [0.15, 0.2) is 47.4 Å². The summed E-state index contributed by atoms with van der Waals surface area (Å²) >= 11 is 12.3. The largest absolute Gasteiger partial charge is 0.490 e. The molecule has 4 nitrogen and oxygen atoms in total. The molecule has 0 unspecified atom stereocenters. The molecular formula is C19H16ClNO3S2. The normalized spacial score (nSPS) is 15.2. The van der Waals surface area contributed by atoms with Crippen LogP contribution < -0.4 is 14.8 Å². The Labute approximate surface area is 166 Å². The topological polar surface area (TPSA) is 47.6 Å². The number of hydrogen-bond acceptors (Lipinski definition) is 5. The van der Waals surface area contributed by atoms with Gasteiger partial charge in [0.05, 0.1) is 4.91 Å². The molecule has 134 valence electrons. The van der Waals surface area contributed by atoms with Crippen molar-refractivity contribution in [1.29, 1.82) is 0 Å². The standard InChI is InChI=1S/C19H16ClNO3S2/c1-12-2-5-15(6-3-12)23-8-9-24-16-7-4-14(20)10-13(16)11-17-18(22)21-19(25)26-17/h2-7,10-11H,8-9H2,1H3,(H,21,22,25). The Bertz CT molecular complexity index is 866. The number of carbonyl (C=O) groups is 1. The smallest absolute Gasteiger partial charge is 0.263 e. The zero-order valence-corrected chi connectivity index (χ0v) is 16.3. The van der Waals surface area contributed by atoms with E-state index in [4.69, 9.17) is 33.3 Å². The Balaban J connectivity index is 1.64. The summed E-state index contributed by atoms with van der Waals surface area (Å²) in [7, 11) is 0. The Morgan fingerprint density at radius 3 is 2.58 bits per heavy atom. The summed E-state index contributed by atoms with van der Waals surface area (Å²) < 4.78 is 11.9. The van der Waals surface area contributed by atoms with Crippen molar-refractivity contribution in [1.82, 2.24) is 5.32 Å². The Hall–Kier alpha value is -2.02. The lowest BCUT2D eigenvalue weighted by Crippen LogP contribution is -2.17. The fraction of sp³-hybridized carbons (Fsp3) is 0.158. The number of nitrogens with one attached hydrogen (secondary N) is 1. The molecule has 1 amide bonds. The van der Waals surface area contributed by atoms with E-state index < -0.39 is 0 Å². The molecule has 0 aliphatic carbocycles. The van der Waals surface area contributed by atoms with Gasteiger partial charge < -0.3 is 14.8 Å². The van der Waals surface area contributed by atoms with Gasteiger partial charge in [0.25, 0.3) is 5.91 Å². The molecule has 2 aromatic rings. The van der Waals surface area contributed by atoms with Crippen molar-refractivity contribution in [3.05, 3.63) is 63.5 Å². The maximum Gasteiger partial charge on any atom is 0.263 e. The van der Waals surface area contributed by atoms with Gasteiger partial charge in [-0.05, 0) is 43.3 Å². The molecule has 0 saturated carbocycles. The van der Waals surface area contributed by atoms with E-state index in [9.17, 15) is 4.79 Å². The van der Waals surface area contributed by atoms with E-state index in [1.165, 1.54) is 17.3 Å². The number of rotatable bonds is 6. The first kappa shape index (κ1) is 18.8. The van der Waals surface area contributed by atoms with E-state index in [-0.39, 0.29) is 5.91 Å². The zero-order chi connectivity index (χ0) is 18.5. The van der Waals surface area contributed by atoms with E-state index in [1.807, 2.05) is 31.2 Å². The monoisotopic (exact) mass is 405 g/mol. The number of thioether (sulfide) groups is 1. The van der Waals surface area contributed by atoms with Gasteiger partial charge in [0.15, 0.2) is 0 Å². The van der Waals surface area contributed by atoms with Crippen LogP contribution >= 0.6 is 35.6 Å². The molecule has 0 bridgehead atoms. The highest BCUT2D eigenvalue weighted by molar-refractivity contribution is 8.26. The molecule has 26 heavy (non-hydrogen) atoms. The highest BCUT2D eigenvalue weighted by Crippen LogP contribution is 2.31. The highest BCUT2D eigenvalue weighted by Gasteiger charge is 2.22. The Kier molecular flexibility index (Phi) is 6.19. The summed E-state index contributed by atoms with van der Waals surface area (Å²) in [5, 5.41) is 3.15. The van der Waals surface area contributed by atoms with Gasteiger partial charge in [-0.2, -0.15) is 0 Å². The maximum absolute atomic E-state index is 11.8. The van der Waals surface area contributed by atoms with Crippen LogP contribution in [0.2, 0.25) is 5.02 Å². The van der Waals surface area contributed by atoms with Crippen molar-refractivity contribution < 1.29 is 14.3 Å². The first-order valence-electron chi connectivity index (χ1n) is 7.88. The Morgan fingerprint density at radius 1 is 1.15 bits per heavy atom. The number of amides is 1. The average Bonchev–Trinajstić information content (AvgIpc) is 2.92. The Morgan fingerprint density at radius 2 is 1.88 bits per heavy atom. The fourth-order valence-corrected chi connectivity index (χ4v) is 3.49. The van der Waals surface area contributed by atoms with Gasteiger partial charge in [-0.15, -0.1) is 0 Å². The zero-order valence-electron chi connectivity index (χ0n) is 14.0. The lowest BCUT2D eigenvalue weighted by molar-refractivity contribution is -0.115. The summed E-state index contributed by atoms with van der Waals surface area (Å²) in [6.45, 7) is 2.80. The van der Waals surface area contributed by atoms with E-state index in [0.717, 1.165) is 11.3 Å². The van der Waals surface area contributed by atoms with Crippen LogP contribution in [0.25, 0.3) is 6.08 Å². The van der Waals surface area contributed by atoms with Gasteiger partial charge in [-0.25, -0.2) is 0 Å². The molecule has 1 fully saturated rings. The van der Waals surface area contributed by atoms with Crippen LogP contribution in [0.1, 0.15) is 11.1 Å². The van der Waals surface area contributed by atoms with Gasteiger partial charge in [0, 0.05) is 10.6 Å². The third kappa shape index (κ3) is 5.00. The van der Waals surface area contributed by atoms with Crippen LogP contribution in [0.4, 0.5) is 0 Å². The second-order valence-electron chi connectivity index (χ2n) is 5.54. The maximum atomic E-state index is 11.8. The van der Waals surface area contributed by atoms with Gasteiger partial charge in [0.1, 0.15) is 29.0 Å². The summed E-state index contributed by atoms with van der Waals surface area (Å²) in [6, 6.07) is 13.1. The number of benzene rings is 2. The van der Waals surface area contributed by atoms with Crippen LogP contribution in [0.3, 0.4) is 0 Å². The van der Waals surface area contributed by atoms with Crippen LogP contribution in [0, 0.1) is 6.92 Å². The summed E-state index contributed by atoms with van der Waals surface area (Å²) in [4.78, 5) is 12.4. The highest BCUT2D eigenvalue weighted by atomic mass is 35.5. The lowest BCUT2D eigenvalue weighted by atomic mass is 10.2.